The van der Waals surface area contributed by atoms with Crippen LogP contribution >= 0.6 is 0 Å². The molecule has 0 fully saturated rings. The van der Waals surface area contributed by atoms with Gasteiger partial charge in [0.15, 0.2) is 6.19 Å². The molecule has 0 bridgehead atoms. The highest BCUT2D eigenvalue weighted by atomic mass is 16.4. The number of nitrogens with zero attached hydrogens (tertiary/aromatic N) is 2. The van der Waals surface area contributed by atoms with E-state index in [9.17, 15) is 9.90 Å². The summed E-state index contributed by atoms with van der Waals surface area (Å²) in [6, 6.07) is 0. The fourth-order valence-corrected chi connectivity index (χ4v) is 0.364. The fourth-order valence-electron chi connectivity index (χ4n) is 0.364. The number of nitrogens with one attached hydrogen (secondary N) is 1. The van der Waals surface area contributed by atoms with E-state index in [1.54, 1.807) is 0 Å². The van der Waals surface area contributed by atoms with Crippen molar-refractivity contribution in [3.63, 3.8) is 0 Å². The number of carbonyl (C=O) groups is 1. The van der Waals surface area contributed by atoms with Crippen LogP contribution in [0.2, 0.25) is 0 Å². The van der Waals surface area contributed by atoms with Gasteiger partial charge >= 0.3 is 0 Å². The van der Waals surface area contributed by atoms with Crippen LogP contribution in [0.3, 0.4) is 0 Å². The molecule has 0 saturated carbocycles. The molecule has 0 aromatic rings. The van der Waals surface area contributed by atoms with E-state index < -0.39 is 5.97 Å². The van der Waals surface area contributed by atoms with Gasteiger partial charge in [-0.25, -0.2) is 0 Å². The van der Waals surface area contributed by atoms with Gasteiger partial charge in [0, 0.05) is 18.9 Å². The zero-order valence-corrected chi connectivity index (χ0v) is 6.70. The third kappa shape index (κ3) is 8.19. The van der Waals surface area contributed by atoms with Gasteiger partial charge < -0.3 is 21.8 Å². The van der Waals surface area contributed by atoms with Crippen molar-refractivity contribution in [2.75, 3.05) is 6.54 Å². The minimum Gasteiger partial charge on any atom is -0.550 e. The van der Waals surface area contributed by atoms with Crippen LogP contribution in [0.5, 0.6) is 0 Å². The van der Waals surface area contributed by atoms with E-state index in [0.717, 1.165) is 0 Å². The monoisotopic (exact) mass is 173 g/mol. The number of quaternary nitrogens is 1. The average Bonchev–Trinajstić information content (AvgIpc) is 1.87. The summed E-state index contributed by atoms with van der Waals surface area (Å²) in [5.74, 6) is -1.28. The fraction of sp³-hybridized carbons (Fsp3) is 0.400. The maximum Gasteiger partial charge on any atom is 0.202 e. The van der Waals surface area contributed by atoms with Crippen molar-refractivity contribution in [1.82, 2.24) is 11.5 Å². The Kier molecular flexibility index (Phi) is 7.80. The maximum absolute atomic E-state index is 9.83. The molecule has 0 aliphatic carbocycles. The Labute approximate surface area is 69.5 Å². The highest BCUT2D eigenvalue weighted by molar-refractivity contribution is 5.79. The summed E-state index contributed by atoms with van der Waals surface area (Å²) < 4.78 is 0. The minimum atomic E-state index is -1.20. The van der Waals surface area contributed by atoms with Crippen LogP contribution in [0.4, 0.5) is 0 Å². The topological polar surface area (TPSA) is 151 Å². The van der Waals surface area contributed by atoms with Crippen LogP contribution in [0, 0.1) is 11.5 Å². The van der Waals surface area contributed by atoms with Crippen molar-refractivity contribution in [2.24, 2.45) is 10.7 Å². The molecule has 0 unspecified atom stereocenters. The second-order valence-electron chi connectivity index (χ2n) is 1.63. The lowest BCUT2D eigenvalue weighted by Crippen LogP contribution is -2.28. The average molecular weight is 173 g/mol. The molecule has 0 spiro atoms. The molecular weight excluding hydrogens is 162 g/mol. The summed E-state index contributed by atoms with van der Waals surface area (Å²) in [6.45, 7) is 0.0167. The lowest BCUT2D eigenvalue weighted by atomic mass is 10.4. The minimum absolute atomic E-state index is 0. The van der Waals surface area contributed by atoms with Gasteiger partial charge in [0.05, 0.1) is 0 Å². The smallest absolute Gasteiger partial charge is 0.202 e. The predicted octanol–water partition coefficient (Wildman–Crippen LogP) is -2.11. The number of guanidine groups is 1. The van der Waals surface area contributed by atoms with Gasteiger partial charge in [0.2, 0.25) is 5.96 Å². The second-order valence-corrected chi connectivity index (χ2v) is 1.63. The molecule has 7 heteroatoms. The first-order chi connectivity index (χ1) is 5.16. The lowest BCUT2D eigenvalue weighted by molar-refractivity contribution is -0.305. The van der Waals surface area contributed by atoms with E-state index in [1.165, 1.54) is 6.19 Å². The Morgan fingerprint density at radius 3 is 2.75 bits per heavy atom. The van der Waals surface area contributed by atoms with Crippen LogP contribution in [-0.4, -0.2) is 18.5 Å². The number of aliphatic carboxylic acids is 1. The second kappa shape index (κ2) is 7.30. The quantitative estimate of drug-likeness (QED) is 0.193. The molecule has 7 nitrogen and oxygen atoms in total. The van der Waals surface area contributed by atoms with Crippen LogP contribution in [-0.2, 0) is 4.79 Å². The number of carbonyl (C=O) groups excluding carboxylic acids is 1. The molecule has 0 saturated heterocycles. The molecule has 7 N–H and O–H groups in total. The van der Waals surface area contributed by atoms with Gasteiger partial charge in [0.1, 0.15) is 0 Å². The number of carboxylic acid groups (broad SMARTS) is 1. The number of nitriles is 1. The summed E-state index contributed by atoms with van der Waals surface area (Å²) in [6.07, 6.45) is 1.34. The molecule has 0 atom stereocenters. The predicted molar refractivity (Wildman–Crippen MR) is 40.8 cm³/mol. The van der Waals surface area contributed by atoms with Crippen molar-refractivity contribution >= 4 is 11.9 Å². The number of hydrogen-bond donors (Lipinski definition) is 3. The molecule has 68 valence electrons. The Morgan fingerprint density at radius 2 is 2.33 bits per heavy atom. The van der Waals surface area contributed by atoms with E-state index in [2.05, 4.69) is 4.99 Å². The molecule has 0 aromatic heterocycles. The molecule has 0 heterocycles. The van der Waals surface area contributed by atoms with Crippen molar-refractivity contribution in [3.05, 3.63) is 0 Å². The van der Waals surface area contributed by atoms with Crippen molar-refractivity contribution in [2.45, 2.75) is 6.42 Å². The summed E-state index contributed by atoms with van der Waals surface area (Å²) in [5, 5.41) is 19.9. The molecule has 0 aliphatic heterocycles. The largest absolute Gasteiger partial charge is 0.550 e. The summed E-state index contributed by atoms with van der Waals surface area (Å²) in [5.41, 5.74) is 5.07. The van der Waals surface area contributed by atoms with Gasteiger partial charge in [-0.1, -0.05) is 0 Å². The number of rotatable bonds is 3. The molecule has 0 radical (unpaired) electrons. The van der Waals surface area contributed by atoms with Gasteiger partial charge in [-0.05, 0) is 0 Å². The van der Waals surface area contributed by atoms with Crippen molar-refractivity contribution < 1.29 is 9.90 Å². The van der Waals surface area contributed by atoms with E-state index in [1.807, 2.05) is 5.32 Å². The first-order valence-electron chi connectivity index (χ1n) is 2.81. The third-order valence-electron chi connectivity index (χ3n) is 0.782. The van der Waals surface area contributed by atoms with Crippen LogP contribution in [0.15, 0.2) is 4.99 Å². The number of aliphatic imine (C=N–C) groups is 1. The zero-order valence-electron chi connectivity index (χ0n) is 6.70. The molecule has 0 aliphatic rings. The molecule has 0 amide bonds. The summed E-state index contributed by atoms with van der Waals surface area (Å²) >= 11 is 0. The maximum atomic E-state index is 9.83. The van der Waals surface area contributed by atoms with Crippen LogP contribution in [0.1, 0.15) is 6.42 Å². The van der Waals surface area contributed by atoms with Crippen molar-refractivity contribution in [3.8, 4) is 6.19 Å². The SMILES string of the molecule is N#CNC(N)=NCCC(=O)[O-].[NH4+]. The normalized spacial score (nSPS) is 9.42. The third-order valence-corrected chi connectivity index (χ3v) is 0.782. The Bertz CT molecular complexity index is 206. The molecule has 0 rings (SSSR count). The number of hydrogen-bond acceptors (Lipinski definition) is 4. The van der Waals surface area contributed by atoms with Gasteiger partial charge in [0.25, 0.3) is 0 Å². The van der Waals surface area contributed by atoms with E-state index in [-0.39, 0.29) is 25.1 Å². The molecule has 12 heavy (non-hydrogen) atoms. The zero-order chi connectivity index (χ0) is 8.69. The highest BCUT2D eigenvalue weighted by Gasteiger charge is 1.87. The van der Waals surface area contributed by atoms with E-state index in [0.29, 0.717) is 0 Å². The van der Waals surface area contributed by atoms with Gasteiger partial charge in [-0.2, -0.15) is 5.26 Å². The highest BCUT2D eigenvalue weighted by Crippen LogP contribution is 1.76. The summed E-state index contributed by atoms with van der Waals surface area (Å²) in [4.78, 5) is 13.3. The molecular formula is C5H11N5O2. The van der Waals surface area contributed by atoms with Crippen molar-refractivity contribution in [1.29, 1.82) is 5.26 Å². The van der Waals surface area contributed by atoms with Gasteiger partial charge in [-0.15, -0.1) is 0 Å². The molecule has 0 aromatic carbocycles. The number of nitrogens with two attached hydrogens (primary N) is 1. The van der Waals surface area contributed by atoms with E-state index >= 15 is 0 Å². The Balaban J connectivity index is 0. The van der Waals surface area contributed by atoms with Gasteiger partial charge in [-0.3, -0.25) is 10.3 Å². The van der Waals surface area contributed by atoms with Crippen LogP contribution in [0.25, 0.3) is 0 Å². The first kappa shape index (κ1) is 12.8. The summed E-state index contributed by atoms with van der Waals surface area (Å²) in [7, 11) is 0. The number of carboxylic acids is 1. The Hall–Kier alpha value is -1.81. The van der Waals surface area contributed by atoms with E-state index in [4.69, 9.17) is 11.0 Å². The first-order valence-corrected chi connectivity index (χ1v) is 2.81. The lowest BCUT2D eigenvalue weighted by Gasteiger charge is -1.97. The van der Waals surface area contributed by atoms with Crippen LogP contribution < -0.4 is 22.3 Å². The standard InChI is InChI=1S/C5H8N4O2.H3N/c6-3-9-5(7)8-2-1-4(10)11;/h1-2H2,(H,10,11)(H3,7,8,9);1H3. The Morgan fingerprint density at radius 1 is 1.75 bits per heavy atom.